The maximum absolute atomic E-state index is 10.4. The summed E-state index contributed by atoms with van der Waals surface area (Å²) in [5.41, 5.74) is 0.0403. The lowest BCUT2D eigenvalue weighted by Crippen LogP contribution is -2.32. The Morgan fingerprint density at radius 3 is 2.30 bits per heavy atom. The van der Waals surface area contributed by atoms with Crippen LogP contribution in [-0.2, 0) is 9.59 Å². The Hall–Kier alpha value is -0.860. The van der Waals surface area contributed by atoms with Gasteiger partial charge in [0, 0.05) is 6.54 Å². The van der Waals surface area contributed by atoms with Gasteiger partial charge in [0.15, 0.2) is 0 Å². The molecule has 0 fully saturated rings. The molecule has 0 atom stereocenters. The van der Waals surface area contributed by atoms with Crippen molar-refractivity contribution in [1.29, 1.82) is 0 Å². The summed E-state index contributed by atoms with van der Waals surface area (Å²) in [4.78, 5) is 20.2. The van der Waals surface area contributed by atoms with Crippen LogP contribution >= 0.6 is 0 Å². The molecule has 0 radical (unpaired) electrons. The van der Waals surface area contributed by atoms with Crippen LogP contribution in [0.4, 0.5) is 0 Å². The zero-order valence-electron chi connectivity index (χ0n) is 6.60. The van der Waals surface area contributed by atoms with Crippen molar-refractivity contribution in [3.05, 3.63) is 0 Å². The Kier molecular flexibility index (Phi) is 3.06. The van der Waals surface area contributed by atoms with Crippen molar-refractivity contribution in [2.75, 3.05) is 6.54 Å². The van der Waals surface area contributed by atoms with Gasteiger partial charge in [-0.05, 0) is 5.41 Å². The minimum atomic E-state index is -0.546. The van der Waals surface area contributed by atoms with Gasteiger partial charge in [-0.2, -0.15) is 0 Å². The first-order valence-electron chi connectivity index (χ1n) is 3.19. The number of aldehydes is 1. The van der Waals surface area contributed by atoms with Crippen molar-refractivity contribution < 1.29 is 9.59 Å². The van der Waals surface area contributed by atoms with Crippen molar-refractivity contribution in [3.8, 4) is 0 Å². The van der Waals surface area contributed by atoms with E-state index >= 15 is 0 Å². The normalized spacial score (nSPS) is 10.7. The second kappa shape index (κ2) is 3.34. The van der Waals surface area contributed by atoms with E-state index in [1.54, 1.807) is 0 Å². The first-order valence-corrected chi connectivity index (χ1v) is 3.19. The number of amides is 1. The van der Waals surface area contributed by atoms with Gasteiger partial charge in [0.25, 0.3) is 5.91 Å². The summed E-state index contributed by atoms with van der Waals surface area (Å²) in [5.74, 6) is -0.546. The van der Waals surface area contributed by atoms with E-state index in [2.05, 4.69) is 5.32 Å². The molecule has 0 heterocycles. The van der Waals surface area contributed by atoms with E-state index in [1.807, 2.05) is 20.8 Å². The number of carbonyl (C=O) groups is 2. The quantitative estimate of drug-likeness (QED) is 0.447. The van der Waals surface area contributed by atoms with Gasteiger partial charge in [-0.15, -0.1) is 0 Å². The number of hydrogen-bond donors (Lipinski definition) is 1. The van der Waals surface area contributed by atoms with E-state index in [1.165, 1.54) is 0 Å². The second-order valence-corrected chi connectivity index (χ2v) is 3.40. The van der Waals surface area contributed by atoms with Crippen LogP contribution < -0.4 is 5.32 Å². The zero-order chi connectivity index (χ0) is 8.20. The van der Waals surface area contributed by atoms with Crippen LogP contribution in [0.1, 0.15) is 20.8 Å². The third kappa shape index (κ3) is 5.28. The van der Waals surface area contributed by atoms with E-state index in [-0.39, 0.29) is 11.7 Å². The Labute approximate surface area is 60.8 Å². The third-order valence-electron chi connectivity index (χ3n) is 0.900. The minimum absolute atomic E-state index is 0.0403. The molecular formula is C7H13NO2. The highest BCUT2D eigenvalue weighted by Gasteiger charge is 2.10. The molecule has 10 heavy (non-hydrogen) atoms. The molecule has 3 nitrogen and oxygen atoms in total. The molecule has 1 N–H and O–H groups in total. The van der Waals surface area contributed by atoms with Crippen LogP contribution in [0.3, 0.4) is 0 Å². The molecule has 0 saturated carbocycles. The minimum Gasteiger partial charge on any atom is -0.349 e. The largest absolute Gasteiger partial charge is 0.349 e. The summed E-state index contributed by atoms with van der Waals surface area (Å²) in [6, 6.07) is 0. The molecule has 1 amide bonds. The number of rotatable bonds is 2. The monoisotopic (exact) mass is 143 g/mol. The lowest BCUT2D eigenvalue weighted by atomic mass is 9.97. The highest BCUT2D eigenvalue weighted by molar-refractivity contribution is 6.23. The average molecular weight is 143 g/mol. The molecule has 0 aromatic rings. The van der Waals surface area contributed by atoms with Gasteiger partial charge in [-0.1, -0.05) is 20.8 Å². The fourth-order valence-electron chi connectivity index (χ4n) is 0.394. The molecule has 0 saturated heterocycles. The fraction of sp³-hybridized carbons (Fsp3) is 0.714. The van der Waals surface area contributed by atoms with E-state index in [4.69, 9.17) is 0 Å². The van der Waals surface area contributed by atoms with Gasteiger partial charge in [0.05, 0.1) is 0 Å². The Morgan fingerprint density at radius 1 is 1.50 bits per heavy atom. The van der Waals surface area contributed by atoms with Crippen LogP contribution in [-0.4, -0.2) is 18.7 Å². The summed E-state index contributed by atoms with van der Waals surface area (Å²) in [6.45, 7) is 6.48. The fourth-order valence-corrected chi connectivity index (χ4v) is 0.394. The molecule has 0 aliphatic heterocycles. The van der Waals surface area contributed by atoms with Crippen LogP contribution in [0.5, 0.6) is 0 Å². The number of carbonyl (C=O) groups excluding carboxylic acids is 2. The Morgan fingerprint density at radius 2 is 2.00 bits per heavy atom. The van der Waals surface area contributed by atoms with Gasteiger partial charge in [0.1, 0.15) is 0 Å². The van der Waals surface area contributed by atoms with E-state index < -0.39 is 5.91 Å². The van der Waals surface area contributed by atoms with Crippen molar-refractivity contribution in [2.24, 2.45) is 5.41 Å². The van der Waals surface area contributed by atoms with Crippen LogP contribution in [0, 0.1) is 5.41 Å². The lowest BCUT2D eigenvalue weighted by molar-refractivity contribution is -0.131. The maximum Gasteiger partial charge on any atom is 0.284 e. The molecular weight excluding hydrogens is 130 g/mol. The van der Waals surface area contributed by atoms with Crippen molar-refractivity contribution in [3.63, 3.8) is 0 Å². The molecule has 0 aliphatic carbocycles. The lowest BCUT2D eigenvalue weighted by Gasteiger charge is -2.17. The number of hydrogen-bond acceptors (Lipinski definition) is 2. The Balaban J connectivity index is 3.55. The smallest absolute Gasteiger partial charge is 0.284 e. The predicted octanol–water partition coefficient (Wildman–Crippen LogP) is 0.348. The number of nitrogens with one attached hydrogen (secondary N) is 1. The molecule has 0 bridgehead atoms. The van der Waals surface area contributed by atoms with Crippen LogP contribution in [0.2, 0.25) is 0 Å². The molecule has 0 aromatic heterocycles. The van der Waals surface area contributed by atoms with Crippen LogP contribution in [0.15, 0.2) is 0 Å². The van der Waals surface area contributed by atoms with Crippen molar-refractivity contribution in [2.45, 2.75) is 20.8 Å². The molecule has 0 spiro atoms. The van der Waals surface area contributed by atoms with Gasteiger partial charge >= 0.3 is 0 Å². The predicted molar refractivity (Wildman–Crippen MR) is 38.5 cm³/mol. The zero-order valence-corrected chi connectivity index (χ0v) is 6.60. The van der Waals surface area contributed by atoms with Gasteiger partial charge < -0.3 is 5.32 Å². The third-order valence-corrected chi connectivity index (χ3v) is 0.900. The maximum atomic E-state index is 10.4. The highest BCUT2D eigenvalue weighted by atomic mass is 16.2. The molecule has 0 aliphatic rings. The molecule has 3 heteroatoms. The first-order chi connectivity index (χ1) is 4.45. The van der Waals surface area contributed by atoms with Gasteiger partial charge in [0.2, 0.25) is 6.29 Å². The van der Waals surface area contributed by atoms with Gasteiger partial charge in [-0.25, -0.2) is 0 Å². The topological polar surface area (TPSA) is 46.2 Å². The van der Waals surface area contributed by atoms with E-state index in [9.17, 15) is 9.59 Å². The summed E-state index contributed by atoms with van der Waals surface area (Å²) < 4.78 is 0. The summed E-state index contributed by atoms with van der Waals surface area (Å²) in [7, 11) is 0. The van der Waals surface area contributed by atoms with E-state index in [0.29, 0.717) is 6.54 Å². The molecule has 0 aromatic carbocycles. The SMILES string of the molecule is CC(C)(C)CNC(=O)C=O. The summed E-state index contributed by atoms with van der Waals surface area (Å²) in [5, 5.41) is 2.47. The van der Waals surface area contributed by atoms with E-state index in [0.717, 1.165) is 0 Å². The molecule has 0 unspecified atom stereocenters. The molecule has 58 valence electrons. The molecule has 0 rings (SSSR count). The first kappa shape index (κ1) is 9.14. The van der Waals surface area contributed by atoms with Crippen molar-refractivity contribution in [1.82, 2.24) is 5.32 Å². The highest BCUT2D eigenvalue weighted by Crippen LogP contribution is 2.09. The van der Waals surface area contributed by atoms with Crippen LogP contribution in [0.25, 0.3) is 0 Å². The average Bonchev–Trinajstić information content (AvgIpc) is 1.81. The summed E-state index contributed by atoms with van der Waals surface area (Å²) in [6.07, 6.45) is 0.283. The van der Waals surface area contributed by atoms with Crippen molar-refractivity contribution >= 4 is 12.2 Å². The Bertz CT molecular complexity index is 135. The summed E-state index contributed by atoms with van der Waals surface area (Å²) >= 11 is 0. The second-order valence-electron chi connectivity index (χ2n) is 3.40. The van der Waals surface area contributed by atoms with Gasteiger partial charge in [-0.3, -0.25) is 9.59 Å². The standard InChI is InChI=1S/C7H13NO2/c1-7(2,3)5-8-6(10)4-9/h4H,5H2,1-3H3,(H,8,10).